The molecule has 1 aromatic carbocycles. The van der Waals surface area contributed by atoms with Gasteiger partial charge in [-0.3, -0.25) is 4.68 Å². The lowest BCUT2D eigenvalue weighted by Gasteiger charge is -2.17. The second-order valence-electron chi connectivity index (χ2n) is 4.83. The molecule has 20 heavy (non-hydrogen) atoms. The Morgan fingerprint density at radius 3 is 2.90 bits per heavy atom. The van der Waals surface area contributed by atoms with E-state index in [-0.39, 0.29) is 0 Å². The van der Waals surface area contributed by atoms with Crippen molar-refractivity contribution in [1.82, 2.24) is 25.2 Å². The summed E-state index contributed by atoms with van der Waals surface area (Å²) in [5, 5.41) is 12.1. The third-order valence-electron chi connectivity index (χ3n) is 3.05. The summed E-state index contributed by atoms with van der Waals surface area (Å²) in [6.45, 7) is 3.29. The van der Waals surface area contributed by atoms with Gasteiger partial charge < -0.3 is 10.2 Å². The molecule has 1 aromatic heterocycles. The minimum absolute atomic E-state index is 0.745. The number of nitrogens with one attached hydrogen (secondary N) is 1. The van der Waals surface area contributed by atoms with Crippen molar-refractivity contribution in [3.63, 3.8) is 0 Å². The lowest BCUT2D eigenvalue weighted by atomic mass is 10.2. The van der Waals surface area contributed by atoms with Crippen LogP contribution in [0.4, 0.5) is 0 Å². The summed E-state index contributed by atoms with van der Waals surface area (Å²) in [4.78, 5) is 2.22. The van der Waals surface area contributed by atoms with Crippen molar-refractivity contribution < 1.29 is 0 Å². The average Bonchev–Trinajstić information content (AvgIpc) is 2.87. The number of aromatic nitrogens is 3. The van der Waals surface area contributed by atoms with Gasteiger partial charge in [-0.25, -0.2) is 0 Å². The molecular weight excluding hydrogens is 274 g/mol. The Bertz CT molecular complexity index is 540. The topological polar surface area (TPSA) is 46.0 Å². The first kappa shape index (κ1) is 15.0. The third kappa shape index (κ3) is 4.30. The highest BCUT2D eigenvalue weighted by molar-refractivity contribution is 6.31. The number of halogens is 1. The molecule has 1 heterocycles. The van der Waals surface area contributed by atoms with Crippen LogP contribution >= 0.6 is 11.6 Å². The van der Waals surface area contributed by atoms with Crippen molar-refractivity contribution in [3.05, 3.63) is 46.7 Å². The van der Waals surface area contributed by atoms with Crippen LogP contribution < -0.4 is 5.32 Å². The largest absolute Gasteiger partial charge is 0.314 e. The maximum Gasteiger partial charge on any atom is 0.0964 e. The van der Waals surface area contributed by atoms with E-state index in [1.54, 1.807) is 0 Å². The molecule has 5 nitrogen and oxygen atoms in total. The first-order chi connectivity index (χ1) is 9.69. The van der Waals surface area contributed by atoms with Gasteiger partial charge in [0, 0.05) is 30.9 Å². The van der Waals surface area contributed by atoms with Gasteiger partial charge in [-0.15, -0.1) is 5.10 Å². The quantitative estimate of drug-likeness (QED) is 0.845. The lowest BCUT2D eigenvalue weighted by Crippen LogP contribution is -2.23. The standard InChI is InChI=1S/C14H20ClN5/c1-16-9-13-11-20(18-17-13)8-7-19(2)10-12-5-3-4-6-14(12)15/h3-6,11,16H,7-10H2,1-2H3. The SMILES string of the molecule is CNCc1cn(CCN(C)Cc2ccccc2Cl)nn1. The van der Waals surface area contributed by atoms with Gasteiger partial charge in [0.15, 0.2) is 0 Å². The van der Waals surface area contributed by atoms with Crippen LogP contribution in [0.1, 0.15) is 11.3 Å². The van der Waals surface area contributed by atoms with E-state index in [0.717, 1.165) is 42.5 Å². The predicted octanol–water partition coefficient (Wildman–Crippen LogP) is 1.78. The van der Waals surface area contributed by atoms with Crippen molar-refractivity contribution in [2.24, 2.45) is 0 Å². The van der Waals surface area contributed by atoms with Gasteiger partial charge in [-0.2, -0.15) is 0 Å². The van der Waals surface area contributed by atoms with E-state index in [4.69, 9.17) is 11.6 Å². The molecule has 0 saturated heterocycles. The van der Waals surface area contributed by atoms with Crippen LogP contribution in [0, 0.1) is 0 Å². The van der Waals surface area contributed by atoms with Crippen LogP contribution in [0.25, 0.3) is 0 Å². The summed E-state index contributed by atoms with van der Waals surface area (Å²) in [5.41, 5.74) is 2.10. The molecular formula is C14H20ClN5. The molecule has 6 heteroatoms. The van der Waals surface area contributed by atoms with Crippen LogP contribution in [0.15, 0.2) is 30.5 Å². The minimum atomic E-state index is 0.745. The number of hydrogen-bond acceptors (Lipinski definition) is 4. The fourth-order valence-corrected chi connectivity index (χ4v) is 2.18. The van der Waals surface area contributed by atoms with E-state index in [1.807, 2.05) is 36.1 Å². The first-order valence-corrected chi connectivity index (χ1v) is 7.02. The maximum atomic E-state index is 6.16. The highest BCUT2D eigenvalue weighted by Crippen LogP contribution is 2.16. The summed E-state index contributed by atoms with van der Waals surface area (Å²) in [7, 11) is 3.98. The van der Waals surface area contributed by atoms with Gasteiger partial charge in [0.05, 0.1) is 12.2 Å². The monoisotopic (exact) mass is 293 g/mol. The Hall–Kier alpha value is -1.43. The van der Waals surface area contributed by atoms with Crippen LogP contribution in [0.2, 0.25) is 5.02 Å². The van der Waals surface area contributed by atoms with Crippen molar-refractivity contribution in [2.75, 3.05) is 20.6 Å². The molecule has 0 spiro atoms. The van der Waals surface area contributed by atoms with Crippen LogP contribution in [-0.2, 0) is 19.6 Å². The lowest BCUT2D eigenvalue weighted by molar-refractivity contribution is 0.304. The molecule has 0 amide bonds. The van der Waals surface area contributed by atoms with Crippen LogP contribution in [0.5, 0.6) is 0 Å². The molecule has 0 bridgehead atoms. The zero-order valence-corrected chi connectivity index (χ0v) is 12.6. The second kappa shape index (κ2) is 7.38. The molecule has 0 aliphatic carbocycles. The third-order valence-corrected chi connectivity index (χ3v) is 3.42. The number of rotatable bonds is 7. The molecule has 0 radical (unpaired) electrons. The number of benzene rings is 1. The molecule has 1 N–H and O–H groups in total. The van der Waals surface area contributed by atoms with Crippen molar-refractivity contribution >= 4 is 11.6 Å². The summed E-state index contributed by atoms with van der Waals surface area (Å²) >= 11 is 6.16. The highest BCUT2D eigenvalue weighted by atomic mass is 35.5. The van der Waals surface area contributed by atoms with E-state index in [1.165, 1.54) is 0 Å². The van der Waals surface area contributed by atoms with Gasteiger partial charge in [0.25, 0.3) is 0 Å². The van der Waals surface area contributed by atoms with Crippen LogP contribution in [0.3, 0.4) is 0 Å². The fraction of sp³-hybridized carbons (Fsp3) is 0.429. The summed E-state index contributed by atoms with van der Waals surface area (Å²) < 4.78 is 1.87. The van der Waals surface area contributed by atoms with Gasteiger partial charge in [-0.1, -0.05) is 35.0 Å². The van der Waals surface area contributed by atoms with Crippen molar-refractivity contribution in [2.45, 2.75) is 19.6 Å². The number of likely N-dealkylation sites (N-methyl/N-ethyl adjacent to an activating group) is 1. The highest BCUT2D eigenvalue weighted by Gasteiger charge is 2.05. The van der Waals surface area contributed by atoms with E-state index < -0.39 is 0 Å². The Labute approximate surface area is 124 Å². The molecule has 0 aliphatic heterocycles. The molecule has 0 unspecified atom stereocenters. The Balaban J connectivity index is 1.82. The summed E-state index contributed by atoms with van der Waals surface area (Å²) in [6, 6.07) is 7.94. The molecule has 0 fully saturated rings. The Morgan fingerprint density at radius 1 is 1.35 bits per heavy atom. The molecule has 2 aromatic rings. The minimum Gasteiger partial charge on any atom is -0.314 e. The van der Waals surface area contributed by atoms with E-state index in [0.29, 0.717) is 0 Å². The van der Waals surface area contributed by atoms with Gasteiger partial charge in [0.1, 0.15) is 0 Å². The van der Waals surface area contributed by atoms with E-state index in [2.05, 4.69) is 33.6 Å². The molecule has 0 aliphatic rings. The second-order valence-corrected chi connectivity index (χ2v) is 5.24. The molecule has 0 saturated carbocycles. The fourth-order valence-electron chi connectivity index (χ4n) is 1.98. The zero-order valence-electron chi connectivity index (χ0n) is 11.9. The van der Waals surface area contributed by atoms with Gasteiger partial charge in [0.2, 0.25) is 0 Å². The van der Waals surface area contributed by atoms with Crippen molar-refractivity contribution in [3.8, 4) is 0 Å². The van der Waals surface area contributed by atoms with E-state index in [9.17, 15) is 0 Å². The van der Waals surface area contributed by atoms with Crippen LogP contribution in [-0.4, -0.2) is 40.5 Å². The Kier molecular flexibility index (Phi) is 5.52. The molecule has 2 rings (SSSR count). The van der Waals surface area contributed by atoms with Crippen molar-refractivity contribution in [1.29, 1.82) is 0 Å². The predicted molar refractivity (Wildman–Crippen MR) is 80.6 cm³/mol. The average molecular weight is 294 g/mol. The number of nitrogens with zero attached hydrogens (tertiary/aromatic N) is 4. The molecule has 108 valence electrons. The normalized spacial score (nSPS) is 11.2. The van der Waals surface area contributed by atoms with Gasteiger partial charge in [-0.05, 0) is 25.7 Å². The zero-order chi connectivity index (χ0) is 14.4. The summed E-state index contributed by atoms with van der Waals surface area (Å²) in [5.74, 6) is 0. The Morgan fingerprint density at radius 2 is 2.15 bits per heavy atom. The van der Waals surface area contributed by atoms with E-state index >= 15 is 0 Å². The smallest absolute Gasteiger partial charge is 0.0964 e. The first-order valence-electron chi connectivity index (χ1n) is 6.64. The summed E-state index contributed by atoms with van der Waals surface area (Å²) in [6.07, 6.45) is 1.97. The molecule has 0 atom stereocenters. The van der Waals surface area contributed by atoms with Gasteiger partial charge >= 0.3 is 0 Å². The maximum absolute atomic E-state index is 6.16. The number of hydrogen-bond donors (Lipinski definition) is 1.